The monoisotopic (exact) mass is 411 g/mol. The number of anilines is 1. The average Bonchev–Trinajstić information content (AvgIpc) is 2.64. The van der Waals surface area contributed by atoms with E-state index in [4.69, 9.17) is 5.73 Å². The molecule has 6 heteroatoms. The molecule has 30 heavy (non-hydrogen) atoms. The highest BCUT2D eigenvalue weighted by molar-refractivity contribution is 5.99. The van der Waals surface area contributed by atoms with Gasteiger partial charge >= 0.3 is 0 Å². The third-order valence-corrected chi connectivity index (χ3v) is 4.83. The number of nitrogens with two attached hydrogens (primary N) is 1. The van der Waals surface area contributed by atoms with Gasteiger partial charge in [-0.2, -0.15) is 0 Å². The fourth-order valence-electron chi connectivity index (χ4n) is 3.12. The van der Waals surface area contributed by atoms with Crippen LogP contribution >= 0.6 is 0 Å². The molecule has 0 bridgehead atoms. The van der Waals surface area contributed by atoms with Crippen molar-refractivity contribution in [3.05, 3.63) is 58.4 Å². The van der Waals surface area contributed by atoms with Gasteiger partial charge in [0.1, 0.15) is 11.9 Å². The lowest BCUT2D eigenvalue weighted by molar-refractivity contribution is -0.124. The second kappa shape index (κ2) is 9.57. The first-order chi connectivity index (χ1) is 14.0. The van der Waals surface area contributed by atoms with Gasteiger partial charge < -0.3 is 16.4 Å². The molecule has 2 rings (SSSR count). The number of primary amides is 1. The Kier molecular flexibility index (Phi) is 7.38. The van der Waals surface area contributed by atoms with Crippen molar-refractivity contribution < 1.29 is 14.0 Å². The zero-order valence-corrected chi connectivity index (χ0v) is 18.4. The lowest BCUT2D eigenvalue weighted by Crippen LogP contribution is -2.42. The van der Waals surface area contributed by atoms with E-state index >= 15 is 0 Å². The molecule has 2 aromatic carbocycles. The number of amides is 2. The minimum absolute atomic E-state index is 0.219. The van der Waals surface area contributed by atoms with Crippen molar-refractivity contribution in [3.63, 3.8) is 0 Å². The zero-order chi connectivity index (χ0) is 22.6. The van der Waals surface area contributed by atoms with Crippen LogP contribution in [0.1, 0.15) is 44.4 Å². The number of nitrogens with one attached hydrogen (secondary N) is 2. The fraction of sp³-hybridized carbons (Fsp3) is 0.333. The molecule has 4 N–H and O–H groups in total. The number of rotatable bonds is 7. The smallest absolute Gasteiger partial charge is 0.247 e. The van der Waals surface area contributed by atoms with Crippen molar-refractivity contribution in [3.8, 4) is 11.1 Å². The molecule has 0 fully saturated rings. The van der Waals surface area contributed by atoms with Crippen LogP contribution in [0.4, 0.5) is 10.1 Å². The highest BCUT2D eigenvalue weighted by Crippen LogP contribution is 2.31. The topological polar surface area (TPSA) is 84.2 Å². The van der Waals surface area contributed by atoms with Gasteiger partial charge in [-0.1, -0.05) is 12.1 Å². The Labute approximate surface area is 177 Å². The maximum atomic E-state index is 14.8. The molecule has 0 heterocycles. The van der Waals surface area contributed by atoms with E-state index in [2.05, 4.69) is 10.6 Å². The number of halogens is 1. The summed E-state index contributed by atoms with van der Waals surface area (Å²) in [5.74, 6) is -1.24. The van der Waals surface area contributed by atoms with Crippen molar-refractivity contribution in [2.75, 3.05) is 5.32 Å². The summed E-state index contributed by atoms with van der Waals surface area (Å²) in [7, 11) is 0. The van der Waals surface area contributed by atoms with Crippen LogP contribution in [0.5, 0.6) is 0 Å². The van der Waals surface area contributed by atoms with Crippen LogP contribution in [-0.4, -0.2) is 23.9 Å². The van der Waals surface area contributed by atoms with E-state index in [0.29, 0.717) is 11.1 Å². The van der Waals surface area contributed by atoms with E-state index in [1.807, 2.05) is 45.9 Å². The summed E-state index contributed by atoms with van der Waals surface area (Å²) in [6.07, 6.45) is 1.75. The van der Waals surface area contributed by atoms with Crippen LogP contribution in [0.25, 0.3) is 17.2 Å². The number of carbonyl (C=O) groups excluding carboxylic acids is 2. The minimum Gasteiger partial charge on any atom is -0.383 e. The Hall–Kier alpha value is -3.15. The standard InChI is InChI=1S/C24H30FN3O2/c1-13(2)27-19-7-8-20(22(25)12-19)21-11-14(3)18(9-15(21)4)10-16(5)24(30)28-17(6)23(26)29/h7-13,17,27H,1-6H3,(H2,26,29)(H,28,30)/t17-/m1/s1. The van der Waals surface area contributed by atoms with Crippen molar-refractivity contribution in [2.45, 2.75) is 53.6 Å². The Morgan fingerprint density at radius 2 is 1.70 bits per heavy atom. The number of hydrogen-bond donors (Lipinski definition) is 3. The molecule has 0 unspecified atom stereocenters. The van der Waals surface area contributed by atoms with E-state index in [1.165, 1.54) is 13.0 Å². The molecular weight excluding hydrogens is 381 g/mol. The van der Waals surface area contributed by atoms with E-state index in [0.717, 1.165) is 27.9 Å². The molecule has 0 radical (unpaired) electrons. The van der Waals surface area contributed by atoms with Gasteiger partial charge in [-0.15, -0.1) is 0 Å². The second-order valence-electron chi connectivity index (χ2n) is 7.94. The van der Waals surface area contributed by atoms with Crippen LogP contribution in [0.15, 0.2) is 35.9 Å². The summed E-state index contributed by atoms with van der Waals surface area (Å²) in [4.78, 5) is 23.4. The minimum atomic E-state index is -0.748. The predicted molar refractivity (Wildman–Crippen MR) is 121 cm³/mol. The highest BCUT2D eigenvalue weighted by Gasteiger charge is 2.15. The summed E-state index contributed by atoms with van der Waals surface area (Å²) in [5.41, 5.74) is 10.4. The largest absolute Gasteiger partial charge is 0.383 e. The van der Waals surface area contributed by atoms with Crippen molar-refractivity contribution in [1.82, 2.24) is 5.32 Å². The summed E-state index contributed by atoms with van der Waals surface area (Å²) < 4.78 is 14.8. The molecule has 5 nitrogen and oxygen atoms in total. The van der Waals surface area contributed by atoms with Gasteiger partial charge in [0.15, 0.2) is 0 Å². The summed E-state index contributed by atoms with van der Waals surface area (Å²) in [5, 5.41) is 5.76. The van der Waals surface area contributed by atoms with Gasteiger partial charge in [0.25, 0.3) is 0 Å². The van der Waals surface area contributed by atoms with E-state index < -0.39 is 11.9 Å². The first-order valence-corrected chi connectivity index (χ1v) is 9.95. The van der Waals surface area contributed by atoms with Crippen LogP contribution in [-0.2, 0) is 9.59 Å². The summed E-state index contributed by atoms with van der Waals surface area (Å²) in [6.45, 7) is 11.0. The summed E-state index contributed by atoms with van der Waals surface area (Å²) >= 11 is 0. The third kappa shape index (κ3) is 5.69. The first-order valence-electron chi connectivity index (χ1n) is 9.95. The highest BCUT2D eigenvalue weighted by atomic mass is 19.1. The van der Waals surface area contributed by atoms with Gasteiger partial charge in [-0.25, -0.2) is 4.39 Å². The molecule has 0 saturated carbocycles. The molecule has 2 aromatic rings. The number of hydrogen-bond acceptors (Lipinski definition) is 3. The molecule has 1 atom stereocenters. The lowest BCUT2D eigenvalue weighted by atomic mass is 9.93. The normalized spacial score (nSPS) is 12.6. The molecule has 0 aliphatic carbocycles. The molecule has 0 aromatic heterocycles. The predicted octanol–water partition coefficient (Wildman–Crippen LogP) is 4.32. The van der Waals surface area contributed by atoms with E-state index in [9.17, 15) is 14.0 Å². The Morgan fingerprint density at radius 3 is 2.27 bits per heavy atom. The first kappa shape index (κ1) is 23.1. The fourth-order valence-corrected chi connectivity index (χ4v) is 3.12. The van der Waals surface area contributed by atoms with Gasteiger partial charge in [0.2, 0.25) is 11.8 Å². The van der Waals surface area contributed by atoms with Crippen molar-refractivity contribution >= 4 is 23.6 Å². The Bertz CT molecular complexity index is 996. The van der Waals surface area contributed by atoms with Crippen molar-refractivity contribution in [1.29, 1.82) is 0 Å². The van der Waals surface area contributed by atoms with Gasteiger partial charge in [-0.05, 0) is 88.1 Å². The van der Waals surface area contributed by atoms with Gasteiger partial charge in [0, 0.05) is 22.9 Å². The molecule has 0 aliphatic heterocycles. The SMILES string of the molecule is CC(=Cc1cc(C)c(-c2ccc(NC(C)C)cc2F)cc1C)C(=O)N[C@H](C)C(N)=O. The third-order valence-electron chi connectivity index (χ3n) is 4.83. The average molecular weight is 412 g/mol. The van der Waals surface area contributed by atoms with Gasteiger partial charge in [-0.3, -0.25) is 9.59 Å². The second-order valence-corrected chi connectivity index (χ2v) is 7.94. The quantitative estimate of drug-likeness (QED) is 0.593. The maximum Gasteiger partial charge on any atom is 0.247 e. The summed E-state index contributed by atoms with van der Waals surface area (Å²) in [6, 6.07) is 8.48. The van der Waals surface area contributed by atoms with Gasteiger partial charge in [0.05, 0.1) is 0 Å². The van der Waals surface area contributed by atoms with E-state index in [1.54, 1.807) is 19.1 Å². The Morgan fingerprint density at radius 1 is 1.03 bits per heavy atom. The number of aryl methyl sites for hydroxylation is 2. The molecule has 0 aliphatic rings. The number of benzene rings is 2. The molecule has 0 saturated heterocycles. The molecular formula is C24H30FN3O2. The lowest BCUT2D eigenvalue weighted by Gasteiger charge is -2.15. The van der Waals surface area contributed by atoms with Crippen LogP contribution in [0, 0.1) is 19.7 Å². The zero-order valence-electron chi connectivity index (χ0n) is 18.4. The number of carbonyl (C=O) groups is 2. The van der Waals surface area contributed by atoms with Crippen LogP contribution < -0.4 is 16.4 Å². The van der Waals surface area contributed by atoms with Crippen LogP contribution in [0.2, 0.25) is 0 Å². The van der Waals surface area contributed by atoms with Crippen LogP contribution in [0.3, 0.4) is 0 Å². The van der Waals surface area contributed by atoms with Crippen molar-refractivity contribution in [2.24, 2.45) is 5.73 Å². The molecule has 160 valence electrons. The molecule has 0 spiro atoms. The Balaban J connectivity index is 2.34. The van der Waals surface area contributed by atoms with E-state index in [-0.39, 0.29) is 17.8 Å². The maximum absolute atomic E-state index is 14.8. The molecule has 2 amide bonds.